The minimum atomic E-state index is -3.64. The van der Waals surface area contributed by atoms with Crippen LogP contribution in [0.4, 0.5) is 0 Å². The van der Waals surface area contributed by atoms with Crippen molar-refractivity contribution in [2.24, 2.45) is 0 Å². The lowest BCUT2D eigenvalue weighted by atomic mass is 10.2. The molecule has 19 heavy (non-hydrogen) atoms. The van der Waals surface area contributed by atoms with Gasteiger partial charge in [-0.05, 0) is 25.5 Å². The van der Waals surface area contributed by atoms with Gasteiger partial charge in [-0.25, -0.2) is 12.7 Å². The van der Waals surface area contributed by atoms with Gasteiger partial charge in [0.05, 0.1) is 0 Å². The van der Waals surface area contributed by atoms with Crippen molar-refractivity contribution in [3.8, 4) is 0 Å². The standard InChI is InChI=1S/C12H20N2O4S/c1-5-6-9(2)13-12(15)10-7-8-11(18-10)19(16,17)14(3)4/h7-9H,5-6H2,1-4H3,(H,13,15)/t9-/m0/s1. The fourth-order valence-corrected chi connectivity index (χ4v) is 2.36. The first kappa shape index (κ1) is 15.7. The highest BCUT2D eigenvalue weighted by Gasteiger charge is 2.23. The van der Waals surface area contributed by atoms with Gasteiger partial charge in [-0.15, -0.1) is 0 Å². The van der Waals surface area contributed by atoms with Crippen LogP contribution in [-0.4, -0.2) is 38.8 Å². The summed E-state index contributed by atoms with van der Waals surface area (Å²) in [4.78, 5) is 11.8. The molecule has 1 heterocycles. The lowest BCUT2D eigenvalue weighted by molar-refractivity contribution is 0.0904. The molecule has 0 unspecified atom stereocenters. The van der Waals surface area contributed by atoms with Gasteiger partial charge in [-0.1, -0.05) is 13.3 Å². The Morgan fingerprint density at radius 2 is 2.05 bits per heavy atom. The zero-order valence-electron chi connectivity index (χ0n) is 11.6. The molecule has 0 aliphatic rings. The smallest absolute Gasteiger partial charge is 0.287 e. The minimum absolute atomic E-state index is 0.00313. The number of hydrogen-bond acceptors (Lipinski definition) is 4. The summed E-state index contributed by atoms with van der Waals surface area (Å²) in [5.41, 5.74) is 0. The molecule has 1 aromatic rings. The summed E-state index contributed by atoms with van der Waals surface area (Å²) < 4.78 is 29.7. The molecule has 1 aromatic heterocycles. The lowest BCUT2D eigenvalue weighted by Gasteiger charge is -2.11. The molecule has 0 bridgehead atoms. The molecular formula is C12H20N2O4S. The van der Waals surface area contributed by atoms with E-state index in [1.807, 2.05) is 13.8 Å². The van der Waals surface area contributed by atoms with Crippen molar-refractivity contribution in [3.05, 3.63) is 17.9 Å². The summed E-state index contributed by atoms with van der Waals surface area (Å²) >= 11 is 0. The van der Waals surface area contributed by atoms with E-state index in [0.29, 0.717) is 0 Å². The van der Waals surface area contributed by atoms with Gasteiger partial charge in [0.1, 0.15) is 0 Å². The highest BCUT2D eigenvalue weighted by Crippen LogP contribution is 2.17. The Bertz CT molecular complexity index is 534. The van der Waals surface area contributed by atoms with E-state index in [9.17, 15) is 13.2 Å². The zero-order valence-corrected chi connectivity index (χ0v) is 12.5. The van der Waals surface area contributed by atoms with Crippen molar-refractivity contribution in [1.82, 2.24) is 9.62 Å². The fourth-order valence-electron chi connectivity index (χ4n) is 1.56. The van der Waals surface area contributed by atoms with Crippen LogP contribution in [0.25, 0.3) is 0 Å². The number of rotatable bonds is 6. The molecule has 108 valence electrons. The lowest BCUT2D eigenvalue weighted by Crippen LogP contribution is -2.32. The van der Waals surface area contributed by atoms with E-state index in [1.165, 1.54) is 26.2 Å². The summed E-state index contributed by atoms with van der Waals surface area (Å²) in [5, 5.41) is 2.52. The molecule has 1 N–H and O–H groups in total. The SMILES string of the molecule is CCC[C@H](C)NC(=O)c1ccc(S(=O)(=O)N(C)C)o1. The first-order valence-electron chi connectivity index (χ1n) is 6.12. The molecule has 0 aromatic carbocycles. The van der Waals surface area contributed by atoms with E-state index in [0.717, 1.165) is 17.1 Å². The highest BCUT2D eigenvalue weighted by atomic mass is 32.2. The molecule has 6 nitrogen and oxygen atoms in total. The van der Waals surface area contributed by atoms with Gasteiger partial charge in [-0.3, -0.25) is 4.79 Å². The Labute approximate surface area is 113 Å². The van der Waals surface area contributed by atoms with Crippen molar-refractivity contribution in [2.75, 3.05) is 14.1 Å². The van der Waals surface area contributed by atoms with Gasteiger partial charge in [0.15, 0.2) is 5.76 Å². The molecule has 0 saturated carbocycles. The molecule has 0 aliphatic carbocycles. The largest absolute Gasteiger partial charge is 0.438 e. The van der Waals surface area contributed by atoms with Crippen LogP contribution >= 0.6 is 0 Å². The number of carbonyl (C=O) groups excluding carboxylic acids is 1. The van der Waals surface area contributed by atoms with E-state index in [4.69, 9.17) is 4.42 Å². The first-order valence-corrected chi connectivity index (χ1v) is 7.56. The van der Waals surface area contributed by atoms with Gasteiger partial charge in [0.2, 0.25) is 5.09 Å². The number of nitrogens with zero attached hydrogens (tertiary/aromatic N) is 1. The van der Waals surface area contributed by atoms with Crippen LogP contribution in [0.2, 0.25) is 0 Å². The normalized spacial score (nSPS) is 13.5. The third kappa shape index (κ3) is 3.81. The predicted octanol–water partition coefficient (Wildman–Crippen LogP) is 1.45. The third-order valence-electron chi connectivity index (χ3n) is 2.64. The number of furan rings is 1. The van der Waals surface area contributed by atoms with Crippen LogP contribution in [0.15, 0.2) is 21.6 Å². The van der Waals surface area contributed by atoms with Crippen molar-refractivity contribution in [1.29, 1.82) is 0 Å². The summed E-state index contributed by atoms with van der Waals surface area (Å²) in [7, 11) is -0.834. The van der Waals surface area contributed by atoms with E-state index in [1.54, 1.807) is 0 Å². The maximum absolute atomic E-state index is 11.8. The average Bonchev–Trinajstić information content (AvgIpc) is 2.78. The number of amides is 1. The van der Waals surface area contributed by atoms with Gasteiger partial charge < -0.3 is 9.73 Å². The second kappa shape index (κ2) is 6.21. The van der Waals surface area contributed by atoms with Gasteiger partial charge in [0.25, 0.3) is 15.9 Å². The maximum Gasteiger partial charge on any atom is 0.287 e. The van der Waals surface area contributed by atoms with Crippen LogP contribution in [0, 0.1) is 0 Å². The summed E-state index contributed by atoms with van der Waals surface area (Å²) in [6.45, 7) is 3.92. The molecule has 1 amide bonds. The maximum atomic E-state index is 11.8. The molecule has 1 rings (SSSR count). The first-order chi connectivity index (χ1) is 8.78. The molecule has 0 aliphatic heterocycles. The third-order valence-corrected chi connectivity index (χ3v) is 4.33. The Morgan fingerprint density at radius 1 is 1.42 bits per heavy atom. The molecule has 7 heteroatoms. The quantitative estimate of drug-likeness (QED) is 0.859. The van der Waals surface area contributed by atoms with Crippen LogP contribution in [-0.2, 0) is 10.0 Å². The fraction of sp³-hybridized carbons (Fsp3) is 0.583. The molecule has 0 fully saturated rings. The van der Waals surface area contributed by atoms with Crippen molar-refractivity contribution in [3.63, 3.8) is 0 Å². The summed E-state index contributed by atoms with van der Waals surface area (Å²) in [6, 6.07) is 2.68. The number of sulfonamides is 1. The van der Waals surface area contributed by atoms with Crippen molar-refractivity contribution >= 4 is 15.9 Å². The number of nitrogens with one attached hydrogen (secondary N) is 1. The van der Waals surface area contributed by atoms with Gasteiger partial charge in [-0.2, -0.15) is 0 Å². The monoisotopic (exact) mass is 288 g/mol. The van der Waals surface area contributed by atoms with E-state index in [2.05, 4.69) is 5.32 Å². The minimum Gasteiger partial charge on any atom is -0.438 e. The molecule has 0 spiro atoms. The Balaban J connectivity index is 2.83. The Hall–Kier alpha value is -1.34. The average molecular weight is 288 g/mol. The molecular weight excluding hydrogens is 268 g/mol. The second-order valence-corrected chi connectivity index (χ2v) is 6.65. The summed E-state index contributed by atoms with van der Waals surface area (Å²) in [6.07, 6.45) is 1.81. The van der Waals surface area contributed by atoms with Crippen LogP contribution < -0.4 is 5.32 Å². The van der Waals surface area contributed by atoms with Crippen LogP contribution in [0.5, 0.6) is 0 Å². The molecule has 0 saturated heterocycles. The van der Waals surface area contributed by atoms with E-state index in [-0.39, 0.29) is 16.9 Å². The number of carbonyl (C=O) groups is 1. The van der Waals surface area contributed by atoms with E-state index >= 15 is 0 Å². The Morgan fingerprint density at radius 3 is 2.58 bits per heavy atom. The van der Waals surface area contributed by atoms with Crippen LogP contribution in [0.1, 0.15) is 37.2 Å². The number of hydrogen-bond donors (Lipinski definition) is 1. The highest BCUT2D eigenvalue weighted by molar-refractivity contribution is 7.88. The topological polar surface area (TPSA) is 79.6 Å². The molecule has 1 atom stereocenters. The molecule has 0 radical (unpaired) electrons. The summed E-state index contributed by atoms with van der Waals surface area (Å²) in [5.74, 6) is -0.399. The van der Waals surface area contributed by atoms with E-state index < -0.39 is 15.9 Å². The van der Waals surface area contributed by atoms with Crippen molar-refractivity contribution in [2.45, 2.75) is 37.8 Å². The predicted molar refractivity (Wildman–Crippen MR) is 71.4 cm³/mol. The second-order valence-electron chi connectivity index (χ2n) is 4.57. The zero-order chi connectivity index (χ0) is 14.6. The van der Waals surface area contributed by atoms with Crippen molar-refractivity contribution < 1.29 is 17.6 Å². The van der Waals surface area contributed by atoms with Gasteiger partial charge >= 0.3 is 0 Å². The van der Waals surface area contributed by atoms with Crippen LogP contribution in [0.3, 0.4) is 0 Å². The Kier molecular flexibility index (Phi) is 5.13. The van der Waals surface area contributed by atoms with Gasteiger partial charge in [0, 0.05) is 20.1 Å².